The number of hydrogen-bond acceptors (Lipinski definition) is 1. The van der Waals surface area contributed by atoms with E-state index in [1.807, 2.05) is 12.1 Å². The van der Waals surface area contributed by atoms with Crippen LogP contribution in [0.15, 0.2) is 18.2 Å². The highest BCUT2D eigenvalue weighted by Crippen LogP contribution is 2.44. The maximum atomic E-state index is 9.55. The zero-order chi connectivity index (χ0) is 14.1. The van der Waals surface area contributed by atoms with Gasteiger partial charge in [0, 0.05) is 0 Å². The summed E-state index contributed by atoms with van der Waals surface area (Å²) in [5.74, 6) is 0.873. The van der Waals surface area contributed by atoms with Gasteiger partial charge in [-0.3, -0.25) is 0 Å². The molecule has 0 spiro atoms. The van der Waals surface area contributed by atoms with Gasteiger partial charge in [-0.2, -0.15) is 0 Å². The maximum Gasteiger partial charge on any atom is 0.115 e. The van der Waals surface area contributed by atoms with Gasteiger partial charge in [0.1, 0.15) is 5.75 Å². The second-order valence-electron chi connectivity index (χ2n) is 7.72. The molecule has 0 heterocycles. The molecule has 0 aromatic heterocycles. The van der Waals surface area contributed by atoms with Gasteiger partial charge in [-0.1, -0.05) is 47.6 Å². The lowest BCUT2D eigenvalue weighted by molar-refractivity contribution is 0.228. The van der Waals surface area contributed by atoms with Crippen LogP contribution in [0.3, 0.4) is 0 Å². The zero-order valence-corrected chi connectivity index (χ0v) is 13.0. The Morgan fingerprint density at radius 1 is 1.06 bits per heavy atom. The van der Waals surface area contributed by atoms with Crippen molar-refractivity contribution in [2.45, 2.75) is 60.8 Å². The van der Waals surface area contributed by atoms with Crippen LogP contribution in [0.2, 0.25) is 0 Å². The van der Waals surface area contributed by atoms with Crippen LogP contribution in [-0.4, -0.2) is 5.11 Å². The Morgan fingerprint density at radius 2 is 1.61 bits per heavy atom. The average Bonchev–Trinajstić information content (AvgIpc) is 2.11. The van der Waals surface area contributed by atoms with Crippen LogP contribution < -0.4 is 0 Å². The van der Waals surface area contributed by atoms with Crippen molar-refractivity contribution in [1.29, 1.82) is 0 Å². The third-order valence-electron chi connectivity index (χ3n) is 3.49. The first kappa shape index (κ1) is 15.1. The minimum Gasteiger partial charge on any atom is -0.508 e. The standard InChI is InChI=1S/C17H28O/c1-12-10-13(18)8-9-14(12)15(17(5,6)7)11-16(2,3)4/h8-10,15,18H,11H2,1-7H3. The van der Waals surface area contributed by atoms with E-state index in [0.717, 1.165) is 6.42 Å². The van der Waals surface area contributed by atoms with E-state index < -0.39 is 0 Å². The predicted octanol–water partition coefficient (Wildman–Crippen LogP) is 5.27. The summed E-state index contributed by atoms with van der Waals surface area (Å²) in [5, 5.41) is 9.55. The summed E-state index contributed by atoms with van der Waals surface area (Å²) in [6, 6.07) is 5.77. The fourth-order valence-corrected chi connectivity index (χ4v) is 2.55. The van der Waals surface area contributed by atoms with Gasteiger partial charge in [-0.05, 0) is 53.4 Å². The van der Waals surface area contributed by atoms with Crippen molar-refractivity contribution >= 4 is 0 Å². The lowest BCUT2D eigenvalue weighted by atomic mass is 9.68. The number of phenolic OH excluding ortho intramolecular Hbond substituents is 1. The lowest BCUT2D eigenvalue weighted by Gasteiger charge is -2.37. The fraction of sp³-hybridized carbons (Fsp3) is 0.647. The molecule has 0 saturated carbocycles. The molecule has 1 aromatic rings. The van der Waals surface area contributed by atoms with Crippen molar-refractivity contribution in [3.8, 4) is 5.75 Å². The van der Waals surface area contributed by atoms with Crippen LogP contribution in [0, 0.1) is 17.8 Å². The molecule has 1 rings (SSSR count). The van der Waals surface area contributed by atoms with Crippen LogP contribution in [0.4, 0.5) is 0 Å². The van der Waals surface area contributed by atoms with Crippen molar-refractivity contribution < 1.29 is 5.11 Å². The molecule has 1 unspecified atom stereocenters. The molecule has 0 radical (unpaired) electrons. The normalized spacial score (nSPS) is 14.6. The van der Waals surface area contributed by atoms with E-state index in [9.17, 15) is 5.11 Å². The molecule has 0 bridgehead atoms. The SMILES string of the molecule is Cc1cc(O)ccc1C(CC(C)(C)C)C(C)(C)C. The average molecular weight is 248 g/mol. The van der Waals surface area contributed by atoms with Crippen molar-refractivity contribution in [3.05, 3.63) is 29.3 Å². The zero-order valence-electron chi connectivity index (χ0n) is 13.0. The van der Waals surface area contributed by atoms with E-state index in [0.29, 0.717) is 17.1 Å². The molecule has 0 fully saturated rings. The molecule has 0 aliphatic rings. The summed E-state index contributed by atoms with van der Waals surface area (Å²) in [7, 11) is 0. The molecule has 1 atom stereocenters. The Labute approximate surface area is 112 Å². The molecule has 0 aliphatic carbocycles. The summed E-state index contributed by atoms with van der Waals surface area (Å²) in [4.78, 5) is 0. The van der Waals surface area contributed by atoms with Gasteiger partial charge in [-0.25, -0.2) is 0 Å². The Bertz CT molecular complexity index is 405. The largest absolute Gasteiger partial charge is 0.508 e. The third kappa shape index (κ3) is 4.04. The Balaban J connectivity index is 3.18. The molecule has 0 aliphatic heterocycles. The first-order chi connectivity index (χ1) is 8.00. The van der Waals surface area contributed by atoms with E-state index in [4.69, 9.17) is 0 Å². The minimum atomic E-state index is 0.231. The quantitative estimate of drug-likeness (QED) is 0.756. The van der Waals surface area contributed by atoms with Gasteiger partial charge in [0.2, 0.25) is 0 Å². The van der Waals surface area contributed by atoms with E-state index in [2.05, 4.69) is 54.5 Å². The summed E-state index contributed by atoms with van der Waals surface area (Å²) in [6.07, 6.45) is 1.15. The highest BCUT2D eigenvalue weighted by Gasteiger charge is 2.31. The smallest absolute Gasteiger partial charge is 0.115 e. The number of benzene rings is 1. The molecular weight excluding hydrogens is 220 g/mol. The summed E-state index contributed by atoms with van der Waals surface area (Å²) >= 11 is 0. The van der Waals surface area contributed by atoms with Crippen molar-refractivity contribution in [2.24, 2.45) is 10.8 Å². The maximum absolute atomic E-state index is 9.55. The highest BCUT2D eigenvalue weighted by molar-refractivity contribution is 5.37. The van der Waals surface area contributed by atoms with E-state index in [-0.39, 0.29) is 5.41 Å². The van der Waals surface area contributed by atoms with Crippen LogP contribution in [0.25, 0.3) is 0 Å². The first-order valence-electron chi connectivity index (χ1n) is 6.80. The van der Waals surface area contributed by atoms with Gasteiger partial charge >= 0.3 is 0 Å². The summed E-state index contributed by atoms with van der Waals surface area (Å²) < 4.78 is 0. The highest BCUT2D eigenvalue weighted by atomic mass is 16.3. The Kier molecular flexibility index (Phi) is 4.15. The lowest BCUT2D eigenvalue weighted by Crippen LogP contribution is -2.24. The third-order valence-corrected chi connectivity index (χ3v) is 3.49. The van der Waals surface area contributed by atoms with Crippen molar-refractivity contribution in [1.82, 2.24) is 0 Å². The summed E-state index contributed by atoms with van der Waals surface area (Å²) in [5.41, 5.74) is 3.10. The summed E-state index contributed by atoms with van der Waals surface area (Å²) in [6.45, 7) is 15.9. The van der Waals surface area contributed by atoms with Gasteiger partial charge in [-0.15, -0.1) is 0 Å². The molecular formula is C17H28O. The van der Waals surface area contributed by atoms with E-state index in [1.165, 1.54) is 11.1 Å². The molecule has 18 heavy (non-hydrogen) atoms. The van der Waals surface area contributed by atoms with E-state index in [1.54, 1.807) is 0 Å². The minimum absolute atomic E-state index is 0.231. The van der Waals surface area contributed by atoms with Crippen LogP contribution in [-0.2, 0) is 0 Å². The second-order valence-corrected chi connectivity index (χ2v) is 7.72. The molecule has 1 N–H and O–H groups in total. The molecule has 0 saturated heterocycles. The van der Waals surface area contributed by atoms with Gasteiger partial charge < -0.3 is 5.11 Å². The molecule has 1 heteroatoms. The number of rotatable bonds is 2. The number of aryl methyl sites for hydroxylation is 1. The van der Waals surface area contributed by atoms with E-state index >= 15 is 0 Å². The Morgan fingerprint density at radius 3 is 2.00 bits per heavy atom. The van der Waals surface area contributed by atoms with Gasteiger partial charge in [0.25, 0.3) is 0 Å². The van der Waals surface area contributed by atoms with Crippen molar-refractivity contribution in [2.75, 3.05) is 0 Å². The molecule has 102 valence electrons. The molecule has 0 amide bonds. The van der Waals surface area contributed by atoms with Gasteiger partial charge in [0.15, 0.2) is 0 Å². The fourth-order valence-electron chi connectivity index (χ4n) is 2.55. The van der Waals surface area contributed by atoms with Crippen LogP contribution in [0.5, 0.6) is 5.75 Å². The predicted molar refractivity (Wildman–Crippen MR) is 79.1 cm³/mol. The number of aromatic hydroxyl groups is 1. The number of phenols is 1. The topological polar surface area (TPSA) is 20.2 Å². The van der Waals surface area contributed by atoms with Crippen molar-refractivity contribution in [3.63, 3.8) is 0 Å². The van der Waals surface area contributed by atoms with Crippen LogP contribution in [0.1, 0.15) is 65.0 Å². The first-order valence-corrected chi connectivity index (χ1v) is 6.80. The Hall–Kier alpha value is -0.980. The molecule has 1 nitrogen and oxygen atoms in total. The van der Waals surface area contributed by atoms with Crippen LogP contribution >= 0.6 is 0 Å². The van der Waals surface area contributed by atoms with Gasteiger partial charge in [0.05, 0.1) is 0 Å². The number of hydrogen-bond donors (Lipinski definition) is 1. The second kappa shape index (κ2) is 4.95. The molecule has 1 aromatic carbocycles. The monoisotopic (exact) mass is 248 g/mol.